The standard InChI is InChI=1S/C13H7Br3FNO/c14-7-1-3-10(15)9(5-7)13(19)18-12-6-8(17)2-4-11(12)16/h1-6H,(H,18,19). The molecule has 98 valence electrons. The van der Waals surface area contributed by atoms with E-state index in [0.717, 1.165) is 4.47 Å². The van der Waals surface area contributed by atoms with E-state index < -0.39 is 5.82 Å². The van der Waals surface area contributed by atoms with Crippen LogP contribution in [0.25, 0.3) is 0 Å². The van der Waals surface area contributed by atoms with Gasteiger partial charge in [-0.15, -0.1) is 0 Å². The largest absolute Gasteiger partial charge is 0.321 e. The van der Waals surface area contributed by atoms with Gasteiger partial charge < -0.3 is 5.32 Å². The van der Waals surface area contributed by atoms with Crippen molar-refractivity contribution in [3.63, 3.8) is 0 Å². The van der Waals surface area contributed by atoms with Gasteiger partial charge in [-0.05, 0) is 68.3 Å². The van der Waals surface area contributed by atoms with E-state index in [9.17, 15) is 9.18 Å². The van der Waals surface area contributed by atoms with Crippen LogP contribution in [0.3, 0.4) is 0 Å². The third kappa shape index (κ3) is 3.64. The second-order valence-electron chi connectivity index (χ2n) is 3.70. The van der Waals surface area contributed by atoms with E-state index in [1.165, 1.54) is 12.1 Å². The fourth-order valence-electron chi connectivity index (χ4n) is 1.45. The Morgan fingerprint density at radius 2 is 1.68 bits per heavy atom. The van der Waals surface area contributed by atoms with E-state index in [1.807, 2.05) is 6.07 Å². The van der Waals surface area contributed by atoms with Crippen LogP contribution in [0.1, 0.15) is 10.4 Å². The number of nitrogens with one attached hydrogen (secondary N) is 1. The molecule has 0 saturated heterocycles. The van der Waals surface area contributed by atoms with Crippen molar-refractivity contribution in [2.45, 2.75) is 0 Å². The number of hydrogen-bond donors (Lipinski definition) is 1. The predicted octanol–water partition coefficient (Wildman–Crippen LogP) is 5.37. The van der Waals surface area contributed by atoms with Gasteiger partial charge in [-0.1, -0.05) is 15.9 Å². The highest BCUT2D eigenvalue weighted by atomic mass is 79.9. The molecular weight excluding hydrogens is 445 g/mol. The fourth-order valence-corrected chi connectivity index (χ4v) is 2.59. The van der Waals surface area contributed by atoms with Gasteiger partial charge in [-0.25, -0.2) is 4.39 Å². The summed E-state index contributed by atoms with van der Waals surface area (Å²) in [5.74, 6) is -0.730. The molecule has 0 unspecified atom stereocenters. The maximum atomic E-state index is 13.2. The topological polar surface area (TPSA) is 29.1 Å². The normalized spacial score (nSPS) is 10.3. The summed E-state index contributed by atoms with van der Waals surface area (Å²) >= 11 is 9.88. The van der Waals surface area contributed by atoms with Gasteiger partial charge in [0, 0.05) is 13.4 Å². The summed E-state index contributed by atoms with van der Waals surface area (Å²) in [7, 11) is 0. The first-order chi connectivity index (χ1) is 8.97. The monoisotopic (exact) mass is 449 g/mol. The molecule has 1 amide bonds. The van der Waals surface area contributed by atoms with Crippen LogP contribution in [0.5, 0.6) is 0 Å². The minimum absolute atomic E-state index is 0.320. The van der Waals surface area contributed by atoms with Gasteiger partial charge in [0.1, 0.15) is 5.82 Å². The van der Waals surface area contributed by atoms with Crippen molar-refractivity contribution < 1.29 is 9.18 Å². The van der Waals surface area contributed by atoms with Crippen molar-refractivity contribution in [2.75, 3.05) is 5.32 Å². The van der Waals surface area contributed by atoms with Crippen LogP contribution in [0.2, 0.25) is 0 Å². The van der Waals surface area contributed by atoms with Gasteiger partial charge in [0.15, 0.2) is 0 Å². The Bertz CT molecular complexity index is 646. The minimum atomic E-state index is -0.410. The molecule has 0 bridgehead atoms. The first kappa shape index (κ1) is 14.7. The Balaban J connectivity index is 2.30. The number of anilines is 1. The minimum Gasteiger partial charge on any atom is -0.321 e. The van der Waals surface area contributed by atoms with Crippen LogP contribution in [-0.4, -0.2) is 5.91 Å². The van der Waals surface area contributed by atoms with Crippen LogP contribution >= 0.6 is 47.8 Å². The molecule has 2 rings (SSSR count). The molecule has 2 aromatic carbocycles. The molecule has 0 aromatic heterocycles. The maximum absolute atomic E-state index is 13.2. The van der Waals surface area contributed by atoms with E-state index in [1.54, 1.807) is 18.2 Å². The first-order valence-corrected chi connectivity index (χ1v) is 7.57. The Morgan fingerprint density at radius 1 is 1.00 bits per heavy atom. The molecule has 0 aliphatic heterocycles. The maximum Gasteiger partial charge on any atom is 0.256 e. The smallest absolute Gasteiger partial charge is 0.256 e. The summed E-state index contributed by atoms with van der Waals surface area (Å²) in [4.78, 5) is 12.1. The second kappa shape index (κ2) is 6.15. The second-order valence-corrected chi connectivity index (χ2v) is 6.33. The van der Waals surface area contributed by atoms with Crippen LogP contribution in [-0.2, 0) is 0 Å². The van der Waals surface area contributed by atoms with Crippen molar-refractivity contribution in [1.29, 1.82) is 0 Å². The number of carbonyl (C=O) groups excluding carboxylic acids is 1. The molecule has 19 heavy (non-hydrogen) atoms. The number of amides is 1. The number of rotatable bonds is 2. The summed E-state index contributed by atoms with van der Waals surface area (Å²) in [6, 6.07) is 9.38. The molecule has 0 saturated carbocycles. The third-order valence-corrected chi connectivity index (χ3v) is 4.23. The van der Waals surface area contributed by atoms with Crippen molar-refractivity contribution in [3.8, 4) is 0 Å². The Labute approximate surface area is 134 Å². The van der Waals surface area contributed by atoms with E-state index in [-0.39, 0.29) is 5.91 Å². The number of carbonyl (C=O) groups is 1. The first-order valence-electron chi connectivity index (χ1n) is 5.19. The van der Waals surface area contributed by atoms with Crippen molar-refractivity contribution in [2.24, 2.45) is 0 Å². The lowest BCUT2D eigenvalue weighted by molar-refractivity contribution is 0.102. The molecule has 0 fully saturated rings. The van der Waals surface area contributed by atoms with E-state index in [0.29, 0.717) is 20.2 Å². The number of halogens is 4. The zero-order valence-corrected chi connectivity index (χ0v) is 14.1. The van der Waals surface area contributed by atoms with Gasteiger partial charge in [0.2, 0.25) is 0 Å². The van der Waals surface area contributed by atoms with Gasteiger partial charge in [0.25, 0.3) is 5.91 Å². The summed E-state index contributed by atoms with van der Waals surface area (Å²) in [5.41, 5.74) is 0.849. The molecule has 0 spiro atoms. The van der Waals surface area contributed by atoms with Crippen molar-refractivity contribution in [1.82, 2.24) is 0 Å². The molecule has 0 heterocycles. The van der Waals surface area contributed by atoms with E-state index in [4.69, 9.17) is 0 Å². The lowest BCUT2D eigenvalue weighted by atomic mass is 10.2. The summed E-state index contributed by atoms with van der Waals surface area (Å²) in [6.45, 7) is 0. The highest BCUT2D eigenvalue weighted by Crippen LogP contribution is 2.26. The molecule has 1 N–H and O–H groups in total. The third-order valence-electron chi connectivity index (χ3n) is 2.35. The van der Waals surface area contributed by atoms with E-state index >= 15 is 0 Å². The van der Waals surface area contributed by atoms with Gasteiger partial charge in [0.05, 0.1) is 11.3 Å². The van der Waals surface area contributed by atoms with Gasteiger partial charge in [-0.3, -0.25) is 4.79 Å². The van der Waals surface area contributed by atoms with E-state index in [2.05, 4.69) is 53.1 Å². The molecule has 6 heteroatoms. The van der Waals surface area contributed by atoms with Gasteiger partial charge in [-0.2, -0.15) is 0 Å². The average molecular weight is 452 g/mol. The van der Waals surface area contributed by atoms with Gasteiger partial charge >= 0.3 is 0 Å². The quantitative estimate of drug-likeness (QED) is 0.653. The summed E-state index contributed by atoms with van der Waals surface area (Å²) in [5, 5.41) is 2.66. The summed E-state index contributed by atoms with van der Waals surface area (Å²) in [6.07, 6.45) is 0. The molecule has 0 radical (unpaired) electrons. The SMILES string of the molecule is O=C(Nc1cc(F)ccc1Br)c1cc(Br)ccc1Br. The molecule has 0 aliphatic carbocycles. The lowest BCUT2D eigenvalue weighted by Gasteiger charge is -2.09. The average Bonchev–Trinajstić information content (AvgIpc) is 2.36. The highest BCUT2D eigenvalue weighted by Gasteiger charge is 2.12. The highest BCUT2D eigenvalue weighted by molar-refractivity contribution is 9.11. The fraction of sp³-hybridized carbons (Fsp3) is 0. The molecular formula is C13H7Br3FNO. The van der Waals surface area contributed by atoms with Crippen LogP contribution in [0.15, 0.2) is 49.8 Å². The Kier molecular flexibility index (Phi) is 4.76. The lowest BCUT2D eigenvalue weighted by Crippen LogP contribution is -2.13. The Morgan fingerprint density at radius 3 is 2.42 bits per heavy atom. The summed E-state index contributed by atoms with van der Waals surface area (Å²) < 4.78 is 15.2. The molecule has 0 aliphatic rings. The Hall–Kier alpha value is -0.720. The zero-order chi connectivity index (χ0) is 14.0. The molecule has 2 nitrogen and oxygen atoms in total. The molecule has 2 aromatic rings. The van der Waals surface area contributed by atoms with Crippen LogP contribution in [0, 0.1) is 5.82 Å². The van der Waals surface area contributed by atoms with Crippen LogP contribution in [0.4, 0.5) is 10.1 Å². The zero-order valence-electron chi connectivity index (χ0n) is 9.38. The molecule has 0 atom stereocenters. The predicted molar refractivity (Wildman–Crippen MR) is 83.9 cm³/mol. The number of hydrogen-bond acceptors (Lipinski definition) is 1. The number of benzene rings is 2. The van der Waals surface area contributed by atoms with Crippen molar-refractivity contribution in [3.05, 3.63) is 61.2 Å². The van der Waals surface area contributed by atoms with Crippen molar-refractivity contribution >= 4 is 59.4 Å². The van der Waals surface area contributed by atoms with Crippen LogP contribution < -0.4 is 5.32 Å².